The Hall–Kier alpha value is -3.08. The van der Waals surface area contributed by atoms with Gasteiger partial charge in [0.2, 0.25) is 0 Å². The fraction of sp³-hybridized carbons (Fsp3) is 0.238. The summed E-state index contributed by atoms with van der Waals surface area (Å²) in [4.78, 5) is 24.0. The monoisotopic (exact) mass is 353 g/mol. The summed E-state index contributed by atoms with van der Waals surface area (Å²) in [7, 11) is 0. The van der Waals surface area contributed by atoms with Crippen molar-refractivity contribution in [2.45, 2.75) is 19.8 Å². The summed E-state index contributed by atoms with van der Waals surface area (Å²) in [5.74, 6) is -0.0607. The number of rotatable bonds is 9. The van der Waals surface area contributed by atoms with Gasteiger partial charge in [0.05, 0.1) is 12.2 Å². The lowest BCUT2D eigenvalue weighted by atomic mass is 10.1. The number of amides is 1. The third kappa shape index (κ3) is 5.77. The van der Waals surface area contributed by atoms with Gasteiger partial charge in [-0.3, -0.25) is 4.79 Å². The summed E-state index contributed by atoms with van der Waals surface area (Å²) >= 11 is 0. The van der Waals surface area contributed by atoms with E-state index in [1.165, 1.54) is 0 Å². The van der Waals surface area contributed by atoms with Crippen LogP contribution in [0.4, 0.5) is 5.69 Å². The lowest BCUT2D eigenvalue weighted by Gasteiger charge is -2.11. The molecular weight excluding hydrogens is 330 g/mol. The highest BCUT2D eigenvalue weighted by Gasteiger charge is 2.10. The number of hydrogen-bond donors (Lipinski definition) is 1. The van der Waals surface area contributed by atoms with Crippen molar-refractivity contribution >= 4 is 17.6 Å². The summed E-state index contributed by atoms with van der Waals surface area (Å²) in [5, 5.41) is 2.72. The van der Waals surface area contributed by atoms with E-state index in [9.17, 15) is 9.59 Å². The molecule has 26 heavy (non-hydrogen) atoms. The van der Waals surface area contributed by atoms with Crippen LogP contribution in [0.5, 0.6) is 5.75 Å². The highest BCUT2D eigenvalue weighted by Crippen LogP contribution is 2.19. The van der Waals surface area contributed by atoms with Crippen molar-refractivity contribution in [3.63, 3.8) is 0 Å². The van der Waals surface area contributed by atoms with E-state index >= 15 is 0 Å². The third-order valence-electron chi connectivity index (χ3n) is 3.51. The second-order valence-corrected chi connectivity index (χ2v) is 5.65. The Morgan fingerprint density at radius 3 is 2.73 bits per heavy atom. The zero-order valence-corrected chi connectivity index (χ0v) is 14.9. The SMILES string of the molecule is C=CCc1ccccc1OCC(=O)Nc1cccc(C(=O)OCCC)c1. The number of nitrogens with one attached hydrogen (secondary N) is 1. The normalized spacial score (nSPS) is 10.0. The molecule has 0 heterocycles. The number of ether oxygens (including phenoxy) is 2. The third-order valence-corrected chi connectivity index (χ3v) is 3.51. The minimum Gasteiger partial charge on any atom is -0.483 e. The molecule has 5 nitrogen and oxygen atoms in total. The van der Waals surface area contributed by atoms with E-state index in [2.05, 4.69) is 11.9 Å². The number of esters is 1. The minimum atomic E-state index is -0.405. The Morgan fingerprint density at radius 1 is 1.15 bits per heavy atom. The summed E-state index contributed by atoms with van der Waals surface area (Å²) in [6, 6.07) is 14.1. The average Bonchev–Trinajstić information content (AvgIpc) is 2.66. The molecule has 0 bridgehead atoms. The molecule has 1 N–H and O–H groups in total. The van der Waals surface area contributed by atoms with Gasteiger partial charge in [0.15, 0.2) is 6.61 Å². The van der Waals surface area contributed by atoms with Gasteiger partial charge in [-0.1, -0.05) is 37.3 Å². The van der Waals surface area contributed by atoms with Crippen molar-refractivity contribution in [2.75, 3.05) is 18.5 Å². The van der Waals surface area contributed by atoms with E-state index in [-0.39, 0.29) is 12.5 Å². The molecule has 136 valence electrons. The standard InChI is InChI=1S/C21H23NO4/c1-3-8-16-9-5-6-12-19(16)26-15-20(23)22-18-11-7-10-17(14-18)21(24)25-13-4-2/h3,5-7,9-12,14H,1,4,8,13,15H2,2H3,(H,22,23). The summed E-state index contributed by atoms with van der Waals surface area (Å²) in [6.07, 6.45) is 3.21. The van der Waals surface area contributed by atoms with Crippen LogP contribution in [0.15, 0.2) is 61.2 Å². The van der Waals surface area contributed by atoms with Gasteiger partial charge < -0.3 is 14.8 Å². The number of hydrogen-bond acceptors (Lipinski definition) is 4. The molecule has 0 atom stereocenters. The molecule has 5 heteroatoms. The minimum absolute atomic E-state index is 0.126. The molecule has 0 saturated carbocycles. The molecule has 0 aliphatic heterocycles. The molecule has 0 saturated heterocycles. The van der Waals surface area contributed by atoms with E-state index in [1.807, 2.05) is 31.2 Å². The lowest BCUT2D eigenvalue weighted by Crippen LogP contribution is -2.20. The number of para-hydroxylation sites is 1. The van der Waals surface area contributed by atoms with Gasteiger partial charge >= 0.3 is 5.97 Å². The van der Waals surface area contributed by atoms with Gasteiger partial charge in [-0.05, 0) is 42.7 Å². The smallest absolute Gasteiger partial charge is 0.338 e. The molecule has 2 rings (SSSR count). The van der Waals surface area contributed by atoms with Crippen LogP contribution >= 0.6 is 0 Å². The average molecular weight is 353 g/mol. The molecule has 0 aliphatic rings. The maximum Gasteiger partial charge on any atom is 0.338 e. The Bertz CT molecular complexity index is 770. The van der Waals surface area contributed by atoms with Crippen LogP contribution in [-0.4, -0.2) is 25.1 Å². The van der Waals surface area contributed by atoms with Crippen molar-refractivity contribution in [3.8, 4) is 5.75 Å². The number of carbonyl (C=O) groups excluding carboxylic acids is 2. The Kier molecular flexibility index (Phi) is 7.43. The summed E-state index contributed by atoms with van der Waals surface area (Å²) < 4.78 is 10.7. The van der Waals surface area contributed by atoms with Crippen molar-refractivity contribution in [1.82, 2.24) is 0 Å². The number of allylic oxidation sites excluding steroid dienone is 1. The van der Waals surface area contributed by atoms with Gasteiger partial charge in [0, 0.05) is 5.69 Å². The fourth-order valence-electron chi connectivity index (χ4n) is 2.31. The maximum atomic E-state index is 12.1. The van der Waals surface area contributed by atoms with E-state index in [0.29, 0.717) is 30.0 Å². The fourth-order valence-corrected chi connectivity index (χ4v) is 2.31. The second-order valence-electron chi connectivity index (χ2n) is 5.65. The van der Waals surface area contributed by atoms with E-state index in [0.717, 1.165) is 12.0 Å². The first-order valence-electron chi connectivity index (χ1n) is 8.52. The van der Waals surface area contributed by atoms with E-state index in [4.69, 9.17) is 9.47 Å². The maximum absolute atomic E-state index is 12.1. The topological polar surface area (TPSA) is 64.6 Å². The Morgan fingerprint density at radius 2 is 1.96 bits per heavy atom. The van der Waals surface area contributed by atoms with Gasteiger partial charge in [0.25, 0.3) is 5.91 Å². The molecule has 0 aromatic heterocycles. The van der Waals surface area contributed by atoms with E-state index in [1.54, 1.807) is 30.3 Å². The molecule has 1 amide bonds. The first kappa shape index (κ1) is 19.2. The molecule has 0 fully saturated rings. The molecule has 0 unspecified atom stereocenters. The molecule has 0 radical (unpaired) electrons. The summed E-state index contributed by atoms with van der Waals surface area (Å²) in [5.41, 5.74) is 1.88. The van der Waals surface area contributed by atoms with Crippen LogP contribution in [0.3, 0.4) is 0 Å². The van der Waals surface area contributed by atoms with Crippen LogP contribution in [0.2, 0.25) is 0 Å². The van der Waals surface area contributed by atoms with E-state index < -0.39 is 5.97 Å². The van der Waals surface area contributed by atoms with Crippen molar-refractivity contribution < 1.29 is 19.1 Å². The molecule has 2 aromatic carbocycles. The lowest BCUT2D eigenvalue weighted by molar-refractivity contribution is -0.118. The van der Waals surface area contributed by atoms with Gasteiger partial charge in [-0.15, -0.1) is 6.58 Å². The first-order valence-corrected chi connectivity index (χ1v) is 8.52. The molecular formula is C21H23NO4. The second kappa shape index (κ2) is 10.0. The highest BCUT2D eigenvalue weighted by molar-refractivity contribution is 5.95. The van der Waals surface area contributed by atoms with Crippen LogP contribution in [0.25, 0.3) is 0 Å². The van der Waals surface area contributed by atoms with Crippen LogP contribution in [0.1, 0.15) is 29.3 Å². The Balaban J connectivity index is 1.94. The van der Waals surface area contributed by atoms with Gasteiger partial charge in [-0.25, -0.2) is 4.79 Å². The predicted molar refractivity (Wildman–Crippen MR) is 101 cm³/mol. The van der Waals surface area contributed by atoms with Crippen LogP contribution in [-0.2, 0) is 16.0 Å². The van der Waals surface area contributed by atoms with Crippen molar-refractivity contribution in [2.24, 2.45) is 0 Å². The zero-order chi connectivity index (χ0) is 18.8. The summed E-state index contributed by atoms with van der Waals surface area (Å²) in [6.45, 7) is 5.89. The number of benzene rings is 2. The molecule has 2 aromatic rings. The molecule has 0 aliphatic carbocycles. The van der Waals surface area contributed by atoms with Crippen LogP contribution in [0, 0.1) is 0 Å². The first-order chi connectivity index (χ1) is 12.6. The van der Waals surface area contributed by atoms with Gasteiger partial charge in [0.1, 0.15) is 5.75 Å². The van der Waals surface area contributed by atoms with Gasteiger partial charge in [-0.2, -0.15) is 0 Å². The van der Waals surface area contributed by atoms with Crippen molar-refractivity contribution in [1.29, 1.82) is 0 Å². The largest absolute Gasteiger partial charge is 0.483 e. The number of carbonyl (C=O) groups is 2. The predicted octanol–water partition coefficient (Wildman–Crippen LogP) is 4.00. The van der Waals surface area contributed by atoms with Crippen molar-refractivity contribution in [3.05, 3.63) is 72.3 Å². The quantitative estimate of drug-likeness (QED) is 0.547. The highest BCUT2D eigenvalue weighted by atomic mass is 16.5. The Labute approximate surface area is 153 Å². The molecule has 0 spiro atoms. The zero-order valence-electron chi connectivity index (χ0n) is 14.9. The number of anilines is 1. The van der Waals surface area contributed by atoms with Crippen LogP contribution < -0.4 is 10.1 Å².